The Bertz CT molecular complexity index is 1030. The number of rotatable bonds is 0. The van der Waals surface area contributed by atoms with Gasteiger partial charge >= 0.3 is 5.63 Å². The van der Waals surface area contributed by atoms with E-state index in [1.54, 1.807) is 0 Å². The Morgan fingerprint density at radius 2 is 1.65 bits per heavy atom. The van der Waals surface area contributed by atoms with Gasteiger partial charge < -0.3 is 4.42 Å². The first-order valence-corrected chi connectivity index (χ1v) is 6.59. The summed E-state index contributed by atoms with van der Waals surface area (Å²) in [6.07, 6.45) is 0. The lowest BCUT2D eigenvalue weighted by Gasteiger charge is -2.07. The molecule has 2 heteroatoms. The number of benzene rings is 3. The largest absolute Gasteiger partial charge is 0.422 e. The van der Waals surface area contributed by atoms with E-state index in [0.29, 0.717) is 11.0 Å². The Kier molecular flexibility index (Phi) is 2.21. The number of hydrogen-bond acceptors (Lipinski definition) is 2. The van der Waals surface area contributed by atoms with Crippen molar-refractivity contribution in [1.82, 2.24) is 0 Å². The lowest BCUT2D eigenvalue weighted by atomic mass is 9.99. The second-order valence-electron chi connectivity index (χ2n) is 5.10. The van der Waals surface area contributed by atoms with Gasteiger partial charge in [-0.05, 0) is 35.4 Å². The van der Waals surface area contributed by atoms with E-state index in [0.717, 1.165) is 27.1 Å². The van der Waals surface area contributed by atoms with E-state index in [9.17, 15) is 4.79 Å². The second-order valence-corrected chi connectivity index (χ2v) is 5.10. The summed E-state index contributed by atoms with van der Waals surface area (Å²) in [6, 6.07) is 17.9. The van der Waals surface area contributed by atoms with E-state index < -0.39 is 0 Å². The van der Waals surface area contributed by atoms with Crippen LogP contribution in [0.15, 0.2) is 63.8 Å². The third-order valence-electron chi connectivity index (χ3n) is 3.76. The molecule has 0 atom stereocenters. The van der Waals surface area contributed by atoms with Gasteiger partial charge in [-0.25, -0.2) is 4.79 Å². The minimum atomic E-state index is -0.274. The first kappa shape index (κ1) is 11.2. The van der Waals surface area contributed by atoms with Crippen molar-refractivity contribution in [1.29, 1.82) is 0 Å². The first-order valence-electron chi connectivity index (χ1n) is 6.59. The first-order chi connectivity index (χ1) is 9.74. The monoisotopic (exact) mass is 260 g/mol. The average molecular weight is 260 g/mol. The van der Waals surface area contributed by atoms with Gasteiger partial charge in [0.25, 0.3) is 0 Å². The molecule has 96 valence electrons. The molecule has 1 heterocycles. The molecule has 0 amide bonds. The van der Waals surface area contributed by atoms with Crippen LogP contribution in [-0.2, 0) is 0 Å². The van der Waals surface area contributed by atoms with Crippen molar-refractivity contribution in [2.45, 2.75) is 6.92 Å². The van der Waals surface area contributed by atoms with Crippen molar-refractivity contribution in [3.8, 4) is 0 Å². The molecule has 0 bridgehead atoms. The Morgan fingerprint density at radius 3 is 2.55 bits per heavy atom. The maximum atomic E-state index is 12.2. The van der Waals surface area contributed by atoms with Crippen molar-refractivity contribution in [3.63, 3.8) is 0 Å². The number of aryl methyl sites for hydroxylation is 1. The molecule has 2 nitrogen and oxygen atoms in total. The molecule has 0 N–H and O–H groups in total. The van der Waals surface area contributed by atoms with Crippen molar-refractivity contribution in [3.05, 3.63) is 70.6 Å². The predicted molar refractivity (Wildman–Crippen MR) is 82.2 cm³/mol. The van der Waals surface area contributed by atoms with Gasteiger partial charge in [-0.3, -0.25) is 0 Å². The topological polar surface area (TPSA) is 30.2 Å². The minimum absolute atomic E-state index is 0.274. The van der Waals surface area contributed by atoms with Gasteiger partial charge in [-0.15, -0.1) is 0 Å². The zero-order valence-electron chi connectivity index (χ0n) is 11.0. The normalized spacial score (nSPS) is 11.4. The highest BCUT2D eigenvalue weighted by Crippen LogP contribution is 2.30. The van der Waals surface area contributed by atoms with Crippen molar-refractivity contribution >= 4 is 32.5 Å². The van der Waals surface area contributed by atoms with Crippen LogP contribution in [0.4, 0.5) is 0 Å². The average Bonchev–Trinajstić information content (AvgIpc) is 2.46. The molecule has 0 unspecified atom stereocenters. The SMILES string of the molecule is Cc1ccc2c(c1)oc(=O)c1ccc3ccccc3c12. The minimum Gasteiger partial charge on any atom is -0.422 e. The Labute approximate surface area is 115 Å². The van der Waals surface area contributed by atoms with Crippen LogP contribution >= 0.6 is 0 Å². The highest BCUT2D eigenvalue weighted by molar-refractivity contribution is 6.18. The molecule has 0 fully saturated rings. The molecule has 20 heavy (non-hydrogen) atoms. The van der Waals surface area contributed by atoms with Gasteiger partial charge in [-0.1, -0.05) is 42.5 Å². The fourth-order valence-corrected chi connectivity index (χ4v) is 2.81. The number of fused-ring (bicyclic) bond motifs is 5. The summed E-state index contributed by atoms with van der Waals surface area (Å²) >= 11 is 0. The van der Waals surface area contributed by atoms with Crippen LogP contribution < -0.4 is 5.63 Å². The molecule has 0 aliphatic heterocycles. The molecule has 0 saturated carbocycles. The number of hydrogen-bond donors (Lipinski definition) is 0. The summed E-state index contributed by atoms with van der Waals surface area (Å²) in [5, 5.41) is 4.83. The Balaban J connectivity index is 2.40. The molecule has 0 aliphatic carbocycles. The Hall–Kier alpha value is -2.61. The quantitative estimate of drug-likeness (QED) is 0.346. The molecule has 0 saturated heterocycles. The molecule has 3 aromatic carbocycles. The molecule has 0 spiro atoms. The zero-order valence-corrected chi connectivity index (χ0v) is 11.0. The smallest absolute Gasteiger partial charge is 0.344 e. The lowest BCUT2D eigenvalue weighted by molar-refractivity contribution is 0.569. The summed E-state index contributed by atoms with van der Waals surface area (Å²) < 4.78 is 5.45. The fraction of sp³-hybridized carbons (Fsp3) is 0.0556. The highest BCUT2D eigenvalue weighted by atomic mass is 16.4. The van der Waals surface area contributed by atoms with E-state index in [4.69, 9.17) is 4.42 Å². The summed E-state index contributed by atoms with van der Waals surface area (Å²) in [7, 11) is 0. The zero-order chi connectivity index (χ0) is 13.7. The third-order valence-corrected chi connectivity index (χ3v) is 3.76. The third kappa shape index (κ3) is 1.48. The second kappa shape index (κ2) is 3.94. The van der Waals surface area contributed by atoms with Crippen LogP contribution in [0.25, 0.3) is 32.5 Å². The van der Waals surface area contributed by atoms with Crippen LogP contribution in [0.1, 0.15) is 5.56 Å². The molecular weight excluding hydrogens is 248 g/mol. The van der Waals surface area contributed by atoms with E-state index in [-0.39, 0.29) is 5.63 Å². The maximum absolute atomic E-state index is 12.2. The van der Waals surface area contributed by atoms with Crippen molar-refractivity contribution in [2.24, 2.45) is 0 Å². The summed E-state index contributed by atoms with van der Waals surface area (Å²) in [6.45, 7) is 1.99. The summed E-state index contributed by atoms with van der Waals surface area (Å²) in [4.78, 5) is 12.2. The van der Waals surface area contributed by atoms with Gasteiger partial charge in [0.2, 0.25) is 0 Å². The molecular formula is C18H12O2. The van der Waals surface area contributed by atoms with Gasteiger partial charge in [-0.2, -0.15) is 0 Å². The predicted octanol–water partition coefficient (Wildman–Crippen LogP) is 4.41. The van der Waals surface area contributed by atoms with Crippen molar-refractivity contribution in [2.75, 3.05) is 0 Å². The highest BCUT2D eigenvalue weighted by Gasteiger charge is 2.10. The van der Waals surface area contributed by atoms with Crippen LogP contribution in [0, 0.1) is 6.92 Å². The van der Waals surface area contributed by atoms with E-state index in [1.165, 1.54) is 0 Å². The molecule has 4 aromatic rings. The van der Waals surface area contributed by atoms with Crippen LogP contribution in [0.3, 0.4) is 0 Å². The van der Waals surface area contributed by atoms with Crippen molar-refractivity contribution < 1.29 is 4.42 Å². The summed E-state index contributed by atoms with van der Waals surface area (Å²) in [5.41, 5.74) is 1.46. The molecule has 0 radical (unpaired) electrons. The van der Waals surface area contributed by atoms with Crippen LogP contribution in [0.5, 0.6) is 0 Å². The van der Waals surface area contributed by atoms with Crippen LogP contribution in [-0.4, -0.2) is 0 Å². The standard InChI is InChI=1S/C18H12O2/c1-11-6-8-14-16(10-11)20-18(19)15-9-7-12-4-2-3-5-13(12)17(14)15/h2-10H,1H3. The van der Waals surface area contributed by atoms with Gasteiger partial charge in [0.1, 0.15) is 5.58 Å². The lowest BCUT2D eigenvalue weighted by Crippen LogP contribution is -2.00. The van der Waals surface area contributed by atoms with Gasteiger partial charge in [0.15, 0.2) is 0 Å². The van der Waals surface area contributed by atoms with Crippen LogP contribution in [0.2, 0.25) is 0 Å². The maximum Gasteiger partial charge on any atom is 0.344 e. The van der Waals surface area contributed by atoms with Gasteiger partial charge in [0, 0.05) is 10.8 Å². The summed E-state index contributed by atoms with van der Waals surface area (Å²) in [5.74, 6) is 0. The van der Waals surface area contributed by atoms with E-state index in [1.807, 2.05) is 49.4 Å². The van der Waals surface area contributed by atoms with E-state index in [2.05, 4.69) is 12.1 Å². The molecule has 1 aromatic heterocycles. The van der Waals surface area contributed by atoms with E-state index >= 15 is 0 Å². The Morgan fingerprint density at radius 1 is 0.850 bits per heavy atom. The van der Waals surface area contributed by atoms with Gasteiger partial charge in [0.05, 0.1) is 5.39 Å². The fourth-order valence-electron chi connectivity index (χ4n) is 2.81. The molecule has 0 aliphatic rings. The molecule has 4 rings (SSSR count).